The van der Waals surface area contributed by atoms with Crippen LogP contribution in [-0.2, 0) is 4.39 Å². The van der Waals surface area contributed by atoms with Crippen LogP contribution < -0.4 is 31.4 Å². The van der Waals surface area contributed by atoms with E-state index in [1.165, 1.54) is 0 Å². The summed E-state index contributed by atoms with van der Waals surface area (Å²) < 4.78 is 32.8. The van der Waals surface area contributed by atoms with Crippen LogP contribution in [0, 0.1) is 10.2 Å². The Hall–Kier alpha value is -0.840. The molecule has 0 amide bonds. The van der Waals surface area contributed by atoms with Crippen molar-refractivity contribution in [3.05, 3.63) is 0 Å². The summed E-state index contributed by atoms with van der Waals surface area (Å²) >= 11 is 0. The van der Waals surface area contributed by atoms with Gasteiger partial charge in [0.15, 0.2) is 0 Å². The molecule has 0 aliphatic rings. The van der Waals surface area contributed by atoms with Crippen molar-refractivity contribution in [2.75, 3.05) is 0 Å². The van der Waals surface area contributed by atoms with Crippen LogP contribution >= 0.6 is 0 Å². The van der Waals surface area contributed by atoms with Crippen LogP contribution in [0.3, 0.4) is 0 Å². The smallest absolute Gasteiger partial charge is 0.268 e. The maximum Gasteiger partial charge on any atom is 0.268 e. The predicted octanol–water partition coefficient (Wildman–Crippen LogP) is -5.82. The first kappa shape index (κ1) is 10.2. The summed E-state index contributed by atoms with van der Waals surface area (Å²) in [5.74, 6) is 8.60. The maximum absolute atomic E-state index is 9.78. The number of nitrogens with two attached hydrogens (primary N) is 3. The Morgan fingerprint density at radius 2 is 1.91 bits per heavy atom. The molecule has 0 aromatic heterocycles. The Labute approximate surface area is 63.3 Å². The zero-order chi connectivity index (χ0) is 9.07. The molecule has 0 heterocycles. The van der Waals surface area contributed by atoms with Gasteiger partial charge >= 0.3 is 0 Å². The van der Waals surface area contributed by atoms with Crippen molar-refractivity contribution in [1.82, 2.24) is 5.17 Å². The van der Waals surface area contributed by atoms with Crippen LogP contribution in [0.1, 0.15) is 0 Å². The molecule has 0 aromatic carbocycles. The highest BCUT2D eigenvalue weighted by Gasteiger charge is 2.25. The van der Waals surface area contributed by atoms with Gasteiger partial charge in [0.2, 0.25) is 4.39 Å². The Bertz CT molecular complexity index is 153. The van der Waals surface area contributed by atoms with E-state index in [1.54, 1.807) is 0 Å². The van der Waals surface area contributed by atoms with E-state index >= 15 is 0 Å². The lowest BCUT2D eigenvalue weighted by molar-refractivity contribution is -1.92. The molecule has 0 unspecified atom stereocenters. The molecule has 0 spiro atoms. The van der Waals surface area contributed by atoms with Gasteiger partial charge in [0.1, 0.15) is 10.2 Å². The standard InChI is InChI=1S/CH6ClN5O4/c3-1(6-4)7(5)11-2(8,9)10/h4-5H2,(H2,3,6). The minimum Gasteiger partial charge on any atom is -0.365 e. The Balaban J connectivity index is 3.98. The van der Waals surface area contributed by atoms with E-state index in [2.05, 4.69) is 15.3 Å². The number of hydrazine groups is 1. The number of hydroxylamine groups is 1. The second-order valence-corrected chi connectivity index (χ2v) is 2.15. The zero-order valence-corrected chi connectivity index (χ0v) is 5.89. The lowest BCUT2D eigenvalue weighted by Gasteiger charge is -2.15. The average Bonchev–Trinajstić information content (AvgIpc) is 1.82. The van der Waals surface area contributed by atoms with Gasteiger partial charge in [-0.15, -0.1) is 5.10 Å². The highest BCUT2D eigenvalue weighted by Crippen LogP contribution is 1.89. The molecule has 0 aliphatic heterocycles. The SMILES string of the molecule is N/N=C(\N)N(N)O[Cl+3]([O-])([O-])[O-]. The molecule has 0 saturated heterocycles. The molecule has 9 nitrogen and oxygen atoms in total. The topological polar surface area (TPSA) is 172 Å². The highest BCUT2D eigenvalue weighted by atomic mass is 35.7. The third-order valence-corrected chi connectivity index (χ3v) is 0.835. The van der Waals surface area contributed by atoms with Crippen molar-refractivity contribution in [2.45, 2.75) is 0 Å². The van der Waals surface area contributed by atoms with Crippen LogP contribution in [0.5, 0.6) is 0 Å². The average molecular weight is 188 g/mol. The van der Waals surface area contributed by atoms with Gasteiger partial charge in [-0.2, -0.15) is 14.0 Å². The molecule has 0 aromatic rings. The monoisotopic (exact) mass is 187 g/mol. The van der Waals surface area contributed by atoms with Crippen LogP contribution in [-0.4, -0.2) is 11.1 Å². The fourth-order valence-electron chi connectivity index (χ4n) is 0.183. The Morgan fingerprint density at radius 1 is 1.45 bits per heavy atom. The quantitative estimate of drug-likeness (QED) is 0.166. The number of halogens is 1. The molecule has 11 heavy (non-hydrogen) atoms. The van der Waals surface area contributed by atoms with E-state index in [0.717, 1.165) is 0 Å². The summed E-state index contributed by atoms with van der Waals surface area (Å²) in [5, 5.41) is 2.66. The summed E-state index contributed by atoms with van der Waals surface area (Å²) in [5.41, 5.74) is 4.82. The fourth-order valence-corrected chi connectivity index (χ4v) is 0.436. The molecule has 0 aliphatic carbocycles. The first-order valence-electron chi connectivity index (χ1n) is 2.05. The number of hydrogen-bond donors (Lipinski definition) is 3. The van der Waals surface area contributed by atoms with Gasteiger partial charge < -0.3 is 11.6 Å². The van der Waals surface area contributed by atoms with E-state index < -0.39 is 16.2 Å². The van der Waals surface area contributed by atoms with Gasteiger partial charge in [0, 0.05) is 0 Å². The zero-order valence-electron chi connectivity index (χ0n) is 5.14. The van der Waals surface area contributed by atoms with Crippen molar-refractivity contribution in [3.8, 4) is 0 Å². The first-order valence-corrected chi connectivity index (χ1v) is 3.29. The number of nitrogens with zero attached hydrogens (tertiary/aromatic N) is 2. The summed E-state index contributed by atoms with van der Waals surface area (Å²) in [6, 6.07) is 0. The van der Waals surface area contributed by atoms with Gasteiger partial charge in [0.05, 0.1) is 0 Å². The predicted molar refractivity (Wildman–Crippen MR) is 22.9 cm³/mol. The molecule has 0 saturated carbocycles. The second kappa shape index (κ2) is 3.52. The van der Waals surface area contributed by atoms with Gasteiger partial charge in [-0.3, -0.25) is 0 Å². The molecule has 10 heteroatoms. The van der Waals surface area contributed by atoms with Crippen LogP contribution in [0.15, 0.2) is 5.10 Å². The van der Waals surface area contributed by atoms with Gasteiger partial charge in [-0.25, -0.2) is 5.84 Å². The lowest BCUT2D eigenvalue weighted by atomic mass is 11.1. The molecule has 0 rings (SSSR count). The van der Waals surface area contributed by atoms with Crippen molar-refractivity contribution in [2.24, 2.45) is 22.5 Å². The lowest BCUT2D eigenvalue weighted by Crippen LogP contribution is -2.65. The number of hydrazone groups is 1. The summed E-state index contributed by atoms with van der Waals surface area (Å²) in [4.78, 5) is 0. The van der Waals surface area contributed by atoms with E-state index in [1.807, 2.05) is 0 Å². The normalized spacial score (nSPS) is 13.3. The molecular formula is CH6ClN5O4. The van der Waals surface area contributed by atoms with E-state index in [9.17, 15) is 14.0 Å². The van der Waals surface area contributed by atoms with Gasteiger partial charge in [-0.05, 0) is 5.17 Å². The summed E-state index contributed by atoms with van der Waals surface area (Å²) in [6.45, 7) is 0. The number of guanidine groups is 1. The van der Waals surface area contributed by atoms with Gasteiger partial charge in [0.25, 0.3) is 5.96 Å². The molecule has 6 N–H and O–H groups in total. The van der Waals surface area contributed by atoms with E-state index in [-0.39, 0.29) is 5.17 Å². The number of rotatable bonds is 2. The maximum atomic E-state index is 9.78. The largest absolute Gasteiger partial charge is 0.365 e. The Morgan fingerprint density at radius 3 is 2.18 bits per heavy atom. The minimum atomic E-state index is -4.68. The summed E-state index contributed by atoms with van der Waals surface area (Å²) in [6.07, 6.45) is 0. The molecule has 0 fully saturated rings. The fraction of sp³-hybridized carbons (Fsp3) is 0. The highest BCUT2D eigenvalue weighted by molar-refractivity contribution is 5.75. The van der Waals surface area contributed by atoms with Crippen molar-refractivity contribution >= 4 is 5.96 Å². The Kier molecular flexibility index (Phi) is 3.25. The molecule has 0 bridgehead atoms. The van der Waals surface area contributed by atoms with Gasteiger partial charge in [-0.1, -0.05) is 0 Å². The van der Waals surface area contributed by atoms with E-state index in [4.69, 9.17) is 11.6 Å². The van der Waals surface area contributed by atoms with E-state index in [0.29, 0.717) is 0 Å². The van der Waals surface area contributed by atoms with Crippen LogP contribution in [0.4, 0.5) is 0 Å². The van der Waals surface area contributed by atoms with Crippen molar-refractivity contribution in [3.63, 3.8) is 0 Å². The minimum absolute atomic E-state index is 0.0795. The molecular weight excluding hydrogens is 181 g/mol. The second-order valence-electron chi connectivity index (χ2n) is 1.26. The summed E-state index contributed by atoms with van der Waals surface area (Å²) in [7, 11) is -4.68. The number of hydrogen-bond acceptors (Lipinski definition) is 7. The first-order chi connectivity index (χ1) is 4.87. The molecule has 0 radical (unpaired) electrons. The van der Waals surface area contributed by atoms with Crippen LogP contribution in [0.2, 0.25) is 0 Å². The van der Waals surface area contributed by atoms with Crippen molar-refractivity contribution < 1.29 is 28.6 Å². The molecule has 66 valence electrons. The third kappa shape index (κ3) is 4.55. The third-order valence-electron chi connectivity index (χ3n) is 0.517. The van der Waals surface area contributed by atoms with Crippen molar-refractivity contribution in [1.29, 1.82) is 0 Å². The van der Waals surface area contributed by atoms with Crippen LogP contribution in [0.25, 0.3) is 0 Å². The molecule has 0 atom stereocenters.